The van der Waals surface area contributed by atoms with Crippen LogP contribution in [0.5, 0.6) is 0 Å². The average molecular weight is 360 g/mol. The number of aromatic nitrogens is 2. The fourth-order valence-corrected chi connectivity index (χ4v) is 3.36. The Morgan fingerprint density at radius 1 is 1.08 bits per heavy atom. The lowest BCUT2D eigenvalue weighted by molar-refractivity contribution is 0.0950. The predicted octanol–water partition coefficient (Wildman–Crippen LogP) is 4.45. The number of amides is 1. The van der Waals surface area contributed by atoms with Gasteiger partial charge in [-0.1, -0.05) is 42.5 Å². The lowest BCUT2D eigenvalue weighted by Crippen LogP contribution is -2.19. The van der Waals surface area contributed by atoms with Crippen LogP contribution in [0.4, 0.5) is 0 Å². The van der Waals surface area contributed by atoms with Crippen LogP contribution in [0.2, 0.25) is 0 Å². The van der Waals surface area contributed by atoms with Crippen molar-refractivity contribution in [1.82, 2.24) is 15.6 Å². The van der Waals surface area contributed by atoms with Crippen LogP contribution in [-0.2, 0) is 0 Å². The molecule has 1 amide bonds. The Labute approximate surface area is 154 Å². The van der Waals surface area contributed by atoms with E-state index in [1.807, 2.05) is 48.7 Å². The molecule has 0 radical (unpaired) electrons. The average Bonchev–Trinajstić information content (AvgIpc) is 3.36. The van der Waals surface area contributed by atoms with Crippen molar-refractivity contribution in [3.05, 3.63) is 77.3 Å². The number of nitrogens with one attached hydrogen (secondary N) is 2. The zero-order valence-corrected chi connectivity index (χ0v) is 14.9. The Kier molecular flexibility index (Phi) is 4.33. The van der Waals surface area contributed by atoms with Crippen molar-refractivity contribution in [3.63, 3.8) is 0 Å². The Bertz CT molecular complexity index is 1100. The van der Waals surface area contributed by atoms with Crippen LogP contribution in [0.3, 0.4) is 0 Å². The predicted molar refractivity (Wildman–Crippen MR) is 106 cm³/mol. The van der Waals surface area contributed by atoms with Gasteiger partial charge in [-0.05, 0) is 46.8 Å². The number of carbonyl (C=O) groups excluding carboxylic acids is 1. The maximum absolute atomic E-state index is 12.3. The maximum Gasteiger partial charge on any atom is 0.291 e. The second-order valence-electron chi connectivity index (χ2n) is 5.84. The van der Waals surface area contributed by atoms with Crippen LogP contribution in [0.25, 0.3) is 21.3 Å². The van der Waals surface area contributed by atoms with E-state index in [1.165, 1.54) is 5.39 Å². The number of nitrogens with zero attached hydrogens (tertiary/aromatic N) is 2. The SMILES string of the molecule is C/C(=N/NC(=O)c1cc(-c2cccs2)[nH]n1)c1ccc2ccccc2c1. The number of carbonyl (C=O) groups is 1. The highest BCUT2D eigenvalue weighted by Crippen LogP contribution is 2.22. The normalized spacial score (nSPS) is 11.7. The van der Waals surface area contributed by atoms with Gasteiger partial charge in [-0.25, -0.2) is 5.43 Å². The number of rotatable bonds is 4. The second kappa shape index (κ2) is 6.93. The number of hydrogen-bond acceptors (Lipinski definition) is 4. The van der Waals surface area contributed by atoms with Gasteiger partial charge in [0.2, 0.25) is 0 Å². The van der Waals surface area contributed by atoms with E-state index in [0.717, 1.165) is 27.2 Å². The number of H-pyrrole nitrogens is 1. The fourth-order valence-electron chi connectivity index (χ4n) is 2.67. The molecule has 4 rings (SSSR count). The smallest absolute Gasteiger partial charge is 0.276 e. The molecule has 0 unspecified atom stereocenters. The van der Waals surface area contributed by atoms with E-state index in [1.54, 1.807) is 17.4 Å². The summed E-state index contributed by atoms with van der Waals surface area (Å²) in [5.74, 6) is -0.343. The molecule has 2 N–H and O–H groups in total. The van der Waals surface area contributed by atoms with Crippen molar-refractivity contribution in [2.45, 2.75) is 6.92 Å². The molecule has 0 atom stereocenters. The highest BCUT2D eigenvalue weighted by molar-refractivity contribution is 7.13. The van der Waals surface area contributed by atoms with Gasteiger partial charge in [0, 0.05) is 0 Å². The molecule has 0 saturated heterocycles. The molecular formula is C20H16N4OS. The van der Waals surface area contributed by atoms with Crippen molar-refractivity contribution < 1.29 is 4.79 Å². The minimum absolute atomic E-state index is 0.309. The Hall–Kier alpha value is -3.25. The quantitative estimate of drug-likeness (QED) is 0.417. The molecule has 5 nitrogen and oxygen atoms in total. The van der Waals surface area contributed by atoms with Gasteiger partial charge in [0.15, 0.2) is 5.69 Å². The van der Waals surface area contributed by atoms with Crippen LogP contribution < -0.4 is 5.43 Å². The summed E-state index contributed by atoms with van der Waals surface area (Å²) in [6.07, 6.45) is 0. The summed E-state index contributed by atoms with van der Waals surface area (Å²) in [5.41, 5.74) is 5.40. The first-order valence-electron chi connectivity index (χ1n) is 8.14. The van der Waals surface area contributed by atoms with Crippen molar-refractivity contribution in [2.75, 3.05) is 0 Å². The molecule has 0 spiro atoms. The van der Waals surface area contributed by atoms with E-state index in [-0.39, 0.29) is 5.91 Å². The molecule has 2 aromatic heterocycles. The summed E-state index contributed by atoms with van der Waals surface area (Å²) in [6.45, 7) is 1.87. The van der Waals surface area contributed by atoms with Crippen molar-refractivity contribution >= 4 is 33.7 Å². The van der Waals surface area contributed by atoms with E-state index in [9.17, 15) is 4.79 Å². The van der Waals surface area contributed by atoms with E-state index < -0.39 is 0 Å². The summed E-state index contributed by atoms with van der Waals surface area (Å²) in [7, 11) is 0. The molecule has 0 saturated carbocycles. The minimum Gasteiger partial charge on any atom is -0.276 e. The number of hydrazone groups is 1. The van der Waals surface area contributed by atoms with Gasteiger partial charge in [0.25, 0.3) is 5.91 Å². The van der Waals surface area contributed by atoms with E-state index >= 15 is 0 Å². The van der Waals surface area contributed by atoms with Gasteiger partial charge in [-0.15, -0.1) is 11.3 Å². The van der Waals surface area contributed by atoms with E-state index in [4.69, 9.17) is 0 Å². The molecule has 128 valence electrons. The van der Waals surface area contributed by atoms with Gasteiger partial charge >= 0.3 is 0 Å². The third-order valence-electron chi connectivity index (χ3n) is 4.09. The third-order valence-corrected chi connectivity index (χ3v) is 4.99. The zero-order valence-electron chi connectivity index (χ0n) is 14.1. The molecule has 2 aromatic carbocycles. The fraction of sp³-hybridized carbons (Fsp3) is 0.0500. The van der Waals surface area contributed by atoms with Crippen molar-refractivity contribution in [3.8, 4) is 10.6 Å². The lowest BCUT2D eigenvalue weighted by Gasteiger charge is -2.04. The number of benzene rings is 2. The minimum atomic E-state index is -0.343. The van der Waals surface area contributed by atoms with Gasteiger partial charge in [0.05, 0.1) is 16.3 Å². The monoisotopic (exact) mass is 360 g/mol. The van der Waals surface area contributed by atoms with Crippen LogP contribution in [-0.4, -0.2) is 21.8 Å². The number of fused-ring (bicyclic) bond motifs is 1. The van der Waals surface area contributed by atoms with Gasteiger partial charge in [-0.3, -0.25) is 9.89 Å². The molecular weight excluding hydrogens is 344 g/mol. The first kappa shape index (κ1) is 16.2. The number of hydrogen-bond donors (Lipinski definition) is 2. The Morgan fingerprint density at radius 3 is 2.73 bits per heavy atom. The molecule has 0 fully saturated rings. The molecule has 26 heavy (non-hydrogen) atoms. The molecule has 6 heteroatoms. The van der Waals surface area contributed by atoms with Crippen LogP contribution in [0.15, 0.2) is 71.1 Å². The molecule has 0 aliphatic carbocycles. The van der Waals surface area contributed by atoms with E-state index in [0.29, 0.717) is 5.69 Å². The summed E-state index contributed by atoms with van der Waals surface area (Å²) in [4.78, 5) is 13.3. The summed E-state index contributed by atoms with van der Waals surface area (Å²) in [5, 5.41) is 15.4. The molecule has 0 aliphatic rings. The molecule has 0 aliphatic heterocycles. The third kappa shape index (κ3) is 3.27. The summed E-state index contributed by atoms with van der Waals surface area (Å²) < 4.78 is 0. The van der Waals surface area contributed by atoms with Gasteiger partial charge in [0.1, 0.15) is 0 Å². The molecule has 2 heterocycles. The first-order valence-corrected chi connectivity index (χ1v) is 9.02. The standard InChI is InChI=1S/C20H16N4OS/c1-13(15-9-8-14-5-2-3-6-16(14)11-15)21-24-20(25)18-12-17(22-23-18)19-7-4-10-26-19/h2-12H,1H3,(H,22,23)(H,24,25)/b21-13-. The second-order valence-corrected chi connectivity index (χ2v) is 6.79. The Morgan fingerprint density at radius 2 is 1.92 bits per heavy atom. The topological polar surface area (TPSA) is 70.1 Å². The van der Waals surface area contributed by atoms with Gasteiger partial charge < -0.3 is 0 Å². The number of aromatic amines is 1. The summed E-state index contributed by atoms with van der Waals surface area (Å²) >= 11 is 1.59. The van der Waals surface area contributed by atoms with Crippen LogP contribution >= 0.6 is 11.3 Å². The largest absolute Gasteiger partial charge is 0.291 e. The van der Waals surface area contributed by atoms with Gasteiger partial charge in [-0.2, -0.15) is 10.2 Å². The van der Waals surface area contributed by atoms with Crippen LogP contribution in [0.1, 0.15) is 23.0 Å². The highest BCUT2D eigenvalue weighted by atomic mass is 32.1. The van der Waals surface area contributed by atoms with Crippen LogP contribution in [0, 0.1) is 0 Å². The molecule has 0 bridgehead atoms. The number of thiophene rings is 1. The zero-order chi connectivity index (χ0) is 17.9. The lowest BCUT2D eigenvalue weighted by atomic mass is 10.0. The van der Waals surface area contributed by atoms with Crippen molar-refractivity contribution in [1.29, 1.82) is 0 Å². The molecule has 4 aromatic rings. The van der Waals surface area contributed by atoms with E-state index in [2.05, 4.69) is 38.9 Å². The Balaban J connectivity index is 1.50. The first-order chi connectivity index (χ1) is 12.7. The maximum atomic E-state index is 12.3. The van der Waals surface area contributed by atoms with Crippen molar-refractivity contribution in [2.24, 2.45) is 5.10 Å². The summed E-state index contributed by atoms with van der Waals surface area (Å²) in [6, 6.07) is 19.9. The highest BCUT2D eigenvalue weighted by Gasteiger charge is 2.11.